The first kappa shape index (κ1) is 16.4. The van der Waals surface area contributed by atoms with Gasteiger partial charge >= 0.3 is 0 Å². The van der Waals surface area contributed by atoms with Gasteiger partial charge in [-0.15, -0.1) is 0 Å². The van der Waals surface area contributed by atoms with Gasteiger partial charge in [0, 0.05) is 25.2 Å². The zero-order valence-electron chi connectivity index (χ0n) is 14.8. The van der Waals surface area contributed by atoms with Gasteiger partial charge < -0.3 is 14.3 Å². The van der Waals surface area contributed by atoms with Crippen LogP contribution in [0.5, 0.6) is 0 Å². The zero-order chi connectivity index (χ0) is 17.3. The quantitative estimate of drug-likeness (QED) is 0.758. The third-order valence-electron chi connectivity index (χ3n) is 4.31. The van der Waals surface area contributed by atoms with Crippen LogP contribution < -0.4 is 5.32 Å². The van der Waals surface area contributed by atoms with Crippen molar-refractivity contribution in [1.82, 2.24) is 9.88 Å². The number of aromatic nitrogens is 1. The highest BCUT2D eigenvalue weighted by molar-refractivity contribution is 5.97. The summed E-state index contributed by atoms with van der Waals surface area (Å²) in [4.78, 5) is 12.5. The van der Waals surface area contributed by atoms with Gasteiger partial charge in [0.05, 0.1) is 5.52 Å². The third-order valence-corrected chi connectivity index (χ3v) is 4.31. The van der Waals surface area contributed by atoms with Gasteiger partial charge in [-0.05, 0) is 38.3 Å². The van der Waals surface area contributed by atoms with Gasteiger partial charge in [-0.2, -0.15) is 0 Å². The normalized spacial score (nSPS) is 11.2. The van der Waals surface area contributed by atoms with Crippen molar-refractivity contribution in [1.29, 1.82) is 0 Å². The molecule has 0 saturated carbocycles. The average molecular weight is 324 g/mol. The Morgan fingerprint density at radius 2 is 1.96 bits per heavy atom. The standard InChI is InChI=1S/C20H24N2O2/c1-5-8-21-20(23)18-11-19-17(10-15(4)24-19)22(18)12-16-9-13(2)6-7-14(16)3/h6-7,9-11H,5,8,12H2,1-4H3,(H,21,23). The van der Waals surface area contributed by atoms with Crippen LogP contribution in [0, 0.1) is 20.8 Å². The molecular weight excluding hydrogens is 300 g/mol. The molecule has 0 unspecified atom stereocenters. The molecule has 3 aromatic rings. The first-order valence-corrected chi connectivity index (χ1v) is 8.43. The zero-order valence-corrected chi connectivity index (χ0v) is 14.8. The van der Waals surface area contributed by atoms with E-state index in [-0.39, 0.29) is 5.91 Å². The van der Waals surface area contributed by atoms with Crippen LogP contribution in [0.3, 0.4) is 0 Å². The second-order valence-electron chi connectivity index (χ2n) is 6.41. The fourth-order valence-electron chi connectivity index (χ4n) is 2.99. The number of nitrogens with one attached hydrogen (secondary N) is 1. The largest absolute Gasteiger partial charge is 0.460 e. The number of fused-ring (bicyclic) bond motifs is 1. The summed E-state index contributed by atoms with van der Waals surface area (Å²) in [5.41, 5.74) is 6.05. The Morgan fingerprint density at radius 3 is 2.71 bits per heavy atom. The monoisotopic (exact) mass is 324 g/mol. The van der Waals surface area contributed by atoms with E-state index in [2.05, 4.69) is 41.9 Å². The lowest BCUT2D eigenvalue weighted by atomic mass is 10.1. The summed E-state index contributed by atoms with van der Waals surface area (Å²) < 4.78 is 7.79. The van der Waals surface area contributed by atoms with Gasteiger partial charge in [0.15, 0.2) is 5.58 Å². The van der Waals surface area contributed by atoms with Gasteiger partial charge in [0.25, 0.3) is 5.91 Å². The first-order chi connectivity index (χ1) is 11.5. The molecule has 3 rings (SSSR count). The lowest BCUT2D eigenvalue weighted by molar-refractivity contribution is 0.0945. The van der Waals surface area contributed by atoms with E-state index in [1.807, 2.05) is 26.0 Å². The van der Waals surface area contributed by atoms with Crippen molar-refractivity contribution in [2.75, 3.05) is 6.54 Å². The molecule has 0 bridgehead atoms. The minimum absolute atomic E-state index is 0.0498. The Hall–Kier alpha value is -2.49. The van der Waals surface area contributed by atoms with E-state index in [4.69, 9.17) is 4.42 Å². The maximum Gasteiger partial charge on any atom is 0.268 e. The lowest BCUT2D eigenvalue weighted by Gasteiger charge is -2.13. The van der Waals surface area contributed by atoms with Gasteiger partial charge in [0.2, 0.25) is 0 Å². The van der Waals surface area contributed by atoms with Crippen LogP contribution in [0.2, 0.25) is 0 Å². The first-order valence-electron chi connectivity index (χ1n) is 8.43. The van der Waals surface area contributed by atoms with Gasteiger partial charge in [-0.3, -0.25) is 4.79 Å². The predicted octanol–water partition coefficient (Wildman–Crippen LogP) is 4.35. The van der Waals surface area contributed by atoms with Gasteiger partial charge in [0.1, 0.15) is 11.5 Å². The molecule has 4 nitrogen and oxygen atoms in total. The second kappa shape index (κ2) is 6.56. The van der Waals surface area contributed by atoms with Crippen LogP contribution in [0.25, 0.3) is 11.1 Å². The van der Waals surface area contributed by atoms with Crippen molar-refractivity contribution in [3.63, 3.8) is 0 Å². The molecule has 1 aromatic carbocycles. The maximum atomic E-state index is 12.5. The number of rotatable bonds is 5. The topological polar surface area (TPSA) is 47.2 Å². The SMILES string of the molecule is CCCNC(=O)c1cc2oc(C)cc2n1Cc1cc(C)ccc1C. The molecule has 1 amide bonds. The smallest absolute Gasteiger partial charge is 0.268 e. The molecule has 0 radical (unpaired) electrons. The highest BCUT2D eigenvalue weighted by Gasteiger charge is 2.18. The summed E-state index contributed by atoms with van der Waals surface area (Å²) in [5.74, 6) is 0.807. The molecule has 126 valence electrons. The van der Waals surface area contributed by atoms with Crippen molar-refractivity contribution in [2.45, 2.75) is 40.7 Å². The van der Waals surface area contributed by atoms with Crippen molar-refractivity contribution in [3.05, 3.63) is 58.5 Å². The Morgan fingerprint density at radius 1 is 1.17 bits per heavy atom. The number of aryl methyl sites for hydroxylation is 3. The number of furan rings is 1. The van der Waals surface area contributed by atoms with Crippen LogP contribution >= 0.6 is 0 Å². The Kier molecular flexibility index (Phi) is 4.47. The minimum Gasteiger partial charge on any atom is -0.460 e. The van der Waals surface area contributed by atoms with Crippen LogP contribution in [0.15, 0.2) is 34.7 Å². The summed E-state index contributed by atoms with van der Waals surface area (Å²) in [6.07, 6.45) is 0.915. The summed E-state index contributed by atoms with van der Waals surface area (Å²) in [6, 6.07) is 10.3. The second-order valence-corrected chi connectivity index (χ2v) is 6.41. The summed E-state index contributed by atoms with van der Waals surface area (Å²) in [5, 5.41) is 2.96. The molecule has 2 heterocycles. The molecule has 2 aromatic heterocycles. The Labute approximate surface area is 142 Å². The minimum atomic E-state index is -0.0498. The van der Waals surface area contributed by atoms with Crippen molar-refractivity contribution >= 4 is 17.0 Å². The van der Waals surface area contributed by atoms with E-state index in [1.54, 1.807) is 0 Å². The molecule has 0 aliphatic rings. The van der Waals surface area contributed by atoms with E-state index in [1.165, 1.54) is 16.7 Å². The van der Waals surface area contributed by atoms with E-state index >= 15 is 0 Å². The van der Waals surface area contributed by atoms with E-state index in [0.717, 1.165) is 23.3 Å². The molecule has 0 atom stereocenters. The molecule has 0 aliphatic carbocycles. The number of nitrogens with zero attached hydrogens (tertiary/aromatic N) is 1. The average Bonchev–Trinajstić information content (AvgIpc) is 3.06. The molecule has 4 heteroatoms. The molecular formula is C20H24N2O2. The summed E-state index contributed by atoms with van der Waals surface area (Å²) >= 11 is 0. The molecule has 0 aliphatic heterocycles. The summed E-state index contributed by atoms with van der Waals surface area (Å²) in [7, 11) is 0. The van der Waals surface area contributed by atoms with Crippen LogP contribution in [0.1, 0.15) is 46.3 Å². The Bertz CT molecular complexity index is 887. The number of amides is 1. The van der Waals surface area contributed by atoms with Crippen molar-refractivity contribution in [3.8, 4) is 0 Å². The fourth-order valence-corrected chi connectivity index (χ4v) is 2.99. The van der Waals surface area contributed by atoms with E-state index in [0.29, 0.717) is 18.8 Å². The molecule has 24 heavy (non-hydrogen) atoms. The molecule has 0 spiro atoms. The molecule has 1 N–H and O–H groups in total. The summed E-state index contributed by atoms with van der Waals surface area (Å²) in [6.45, 7) is 9.50. The number of hydrogen-bond acceptors (Lipinski definition) is 2. The maximum absolute atomic E-state index is 12.5. The van der Waals surface area contributed by atoms with Crippen molar-refractivity contribution < 1.29 is 9.21 Å². The van der Waals surface area contributed by atoms with E-state index < -0.39 is 0 Å². The molecule has 0 saturated heterocycles. The number of hydrogen-bond donors (Lipinski definition) is 1. The Balaban J connectivity index is 2.06. The van der Waals surface area contributed by atoms with Gasteiger partial charge in [-0.25, -0.2) is 0 Å². The van der Waals surface area contributed by atoms with Crippen molar-refractivity contribution in [2.24, 2.45) is 0 Å². The highest BCUT2D eigenvalue weighted by atomic mass is 16.3. The third kappa shape index (κ3) is 3.09. The lowest BCUT2D eigenvalue weighted by Crippen LogP contribution is -2.26. The van der Waals surface area contributed by atoms with Crippen LogP contribution in [-0.4, -0.2) is 17.0 Å². The van der Waals surface area contributed by atoms with Crippen LogP contribution in [0.4, 0.5) is 0 Å². The molecule has 0 fully saturated rings. The highest BCUT2D eigenvalue weighted by Crippen LogP contribution is 2.25. The predicted molar refractivity (Wildman–Crippen MR) is 96.6 cm³/mol. The number of carbonyl (C=O) groups excluding carboxylic acids is 1. The fraction of sp³-hybridized carbons (Fsp3) is 0.350. The van der Waals surface area contributed by atoms with Gasteiger partial charge in [-0.1, -0.05) is 30.7 Å². The van der Waals surface area contributed by atoms with E-state index in [9.17, 15) is 4.79 Å². The van der Waals surface area contributed by atoms with Crippen LogP contribution in [-0.2, 0) is 6.54 Å². The number of carbonyl (C=O) groups is 1. The number of benzene rings is 1.